The number of benzene rings is 2. The number of carbonyl (C=O) groups is 4. The number of amides is 2. The van der Waals surface area contributed by atoms with Gasteiger partial charge in [0.25, 0.3) is 11.7 Å². The number of aromatic nitrogens is 1. The Morgan fingerprint density at radius 3 is 2.36 bits per heavy atom. The largest absolute Gasteiger partial charge is 0.507 e. The number of pyridine rings is 1. The van der Waals surface area contributed by atoms with E-state index in [4.69, 9.17) is 35.8 Å². The summed E-state index contributed by atoms with van der Waals surface area (Å²) in [7, 11) is 0. The van der Waals surface area contributed by atoms with Crippen LogP contribution in [0.5, 0.6) is 17.2 Å². The topological polar surface area (TPSA) is 245 Å². The molecule has 1 aromatic heterocycles. The first-order valence-electron chi connectivity index (χ1n) is 25.8. The second-order valence-corrected chi connectivity index (χ2v) is 21.7. The second kappa shape index (κ2) is 22.0. The van der Waals surface area contributed by atoms with Crippen molar-refractivity contribution in [2.75, 3.05) is 43.4 Å². The maximum Gasteiger partial charge on any atom is 0.315 e. The predicted octanol–water partition coefficient (Wildman–Crippen LogP) is 6.40. The highest BCUT2D eigenvalue weighted by Crippen LogP contribution is 2.50. The van der Waals surface area contributed by atoms with E-state index in [0.29, 0.717) is 62.8 Å². The van der Waals surface area contributed by atoms with Crippen molar-refractivity contribution >= 4 is 57.3 Å². The average Bonchev–Trinajstić information content (AvgIpc) is 3.87. The number of fused-ring (bicyclic) bond motifs is 13. The molecule has 2 saturated heterocycles. The van der Waals surface area contributed by atoms with Crippen LogP contribution in [0.4, 0.5) is 11.4 Å². The predicted molar refractivity (Wildman–Crippen MR) is 278 cm³/mol. The molecule has 7 atom stereocenters. The third kappa shape index (κ3) is 11.0. The summed E-state index contributed by atoms with van der Waals surface area (Å²) in [6.45, 7) is 17.2. The number of rotatable bonds is 7. The number of phenols is 2. The van der Waals surface area contributed by atoms with Gasteiger partial charge in [0.1, 0.15) is 35.1 Å². The number of aliphatic hydroxyl groups is 2. The van der Waals surface area contributed by atoms with Gasteiger partial charge in [0.15, 0.2) is 11.4 Å². The number of ketones is 1. The van der Waals surface area contributed by atoms with Crippen molar-refractivity contribution in [3.05, 3.63) is 81.5 Å². The minimum atomic E-state index is -1.95. The highest BCUT2D eigenvalue weighted by molar-refractivity contribution is 6.33. The number of hydrogen-bond acceptors (Lipinski definition) is 16. The smallest absolute Gasteiger partial charge is 0.315 e. The van der Waals surface area contributed by atoms with E-state index in [1.165, 1.54) is 13.2 Å². The summed E-state index contributed by atoms with van der Waals surface area (Å²) < 4.78 is 18.4. The Labute approximate surface area is 436 Å². The van der Waals surface area contributed by atoms with Crippen molar-refractivity contribution in [3.8, 4) is 17.2 Å². The van der Waals surface area contributed by atoms with Crippen LogP contribution in [0.3, 0.4) is 0 Å². The standard InChI is InChI=1S/C55H70ClN7O11/c1-29(2)28-62-23-18-55(19-24-62)60-44-41-42-49(68)34(7)51-43(41)52(70)54(8,74-51)72-25-10-9-14-38(73-40(65)26-39(64)63-21-16-35(17-22-63)58-37-15-20-57-27-36(37)56)32(5)48(67)33(6)47(66)30(3)12-11-13-31(4)53(71)59-46(50(42)69)45(44)61-55/h10-13,15,20,25,27,29-30,32-33,35,38,47-48,66-69H,9,14,16-19,21-24,26,28H2,1-8H3,(H,57,58)(H,59,71)/b12-11+,25-10+,31-13-/t30?,32-,33+,38+,47-,48?,54-/m0/s1. The first kappa shape index (κ1) is 54.2. The van der Waals surface area contributed by atoms with Gasteiger partial charge in [-0.1, -0.05) is 64.4 Å². The second-order valence-electron chi connectivity index (χ2n) is 21.3. The molecule has 9 rings (SSSR count). The number of halogens is 1. The number of Topliss-reactive ketones (excluding diaryl/α,β-unsaturated/α-hetero) is 1. The Kier molecular flexibility index (Phi) is 16.1. The molecule has 2 unspecified atom stereocenters. The van der Waals surface area contributed by atoms with Gasteiger partial charge in [0.2, 0.25) is 5.91 Å². The number of likely N-dealkylation sites (tertiary alicyclic amines) is 2. The minimum Gasteiger partial charge on any atom is -0.507 e. The summed E-state index contributed by atoms with van der Waals surface area (Å²) in [6.07, 6.45) is 10.0. The normalized spacial score (nSPS) is 28.4. The molecule has 19 heteroatoms. The van der Waals surface area contributed by atoms with Gasteiger partial charge in [-0.05, 0) is 57.6 Å². The SMILES string of the molecule is C/C1=C/C=C/C(C)[C@H](O)[C@@H](C)C(O)[C@@H](C)[C@H](OC(=O)CC(=O)N2CCC(Nc3ccncc3Cl)CC2)CC/C=C/O[C@@]2(C)Oc3c(C)c(O)c4c(O)c(c5c(c4c3C2=O)=NC2(CCN(CC(C)C)CC2)N=5)NC1=O. The number of nitrogens with zero attached hydrogens (tertiary/aromatic N) is 5. The molecule has 2 fully saturated rings. The third-order valence-corrected chi connectivity index (χ3v) is 15.7. The highest BCUT2D eigenvalue weighted by Gasteiger charge is 2.50. The van der Waals surface area contributed by atoms with Crippen LogP contribution < -0.4 is 26.1 Å². The van der Waals surface area contributed by atoms with E-state index in [-0.39, 0.29) is 80.2 Å². The lowest BCUT2D eigenvalue weighted by atomic mass is 9.81. The van der Waals surface area contributed by atoms with Gasteiger partial charge in [-0.25, -0.2) is 0 Å². The van der Waals surface area contributed by atoms with Crippen molar-refractivity contribution in [1.29, 1.82) is 0 Å². The molecule has 1 spiro atoms. The molecule has 2 aromatic carbocycles. The van der Waals surface area contributed by atoms with E-state index in [1.807, 2.05) is 0 Å². The molecule has 6 aliphatic rings. The Bertz CT molecular complexity index is 2910. The van der Waals surface area contributed by atoms with Gasteiger partial charge < -0.3 is 55.1 Å². The molecule has 7 heterocycles. The van der Waals surface area contributed by atoms with E-state index >= 15 is 0 Å². The maximum atomic E-state index is 14.8. The number of phenolic OH excluding ortho intramolecular Hbond substituents is 2. The van der Waals surface area contributed by atoms with Gasteiger partial charge in [-0.2, -0.15) is 0 Å². The molecule has 74 heavy (non-hydrogen) atoms. The summed E-state index contributed by atoms with van der Waals surface area (Å²) >= 11 is 6.29. The van der Waals surface area contributed by atoms with E-state index in [0.717, 1.165) is 12.2 Å². The van der Waals surface area contributed by atoms with E-state index in [1.54, 1.807) is 82.3 Å². The van der Waals surface area contributed by atoms with Gasteiger partial charge in [0.05, 0.1) is 45.5 Å². The maximum absolute atomic E-state index is 14.8. The van der Waals surface area contributed by atoms with Gasteiger partial charge in [0, 0.05) is 105 Å². The van der Waals surface area contributed by atoms with Gasteiger partial charge >= 0.3 is 11.8 Å². The quantitative estimate of drug-likeness (QED) is 0.0853. The molecule has 0 saturated carbocycles. The number of ether oxygens (including phenoxy) is 3. The zero-order valence-corrected chi connectivity index (χ0v) is 44.2. The lowest BCUT2D eigenvalue weighted by molar-refractivity contribution is -0.159. The van der Waals surface area contributed by atoms with E-state index < -0.39 is 77.3 Å². The zero-order chi connectivity index (χ0) is 53.4. The number of piperidine rings is 2. The van der Waals surface area contributed by atoms with Crippen LogP contribution in [0.15, 0.2) is 64.6 Å². The number of esters is 1. The molecule has 0 aliphatic carbocycles. The Hall–Kier alpha value is -6.08. The van der Waals surface area contributed by atoms with Crippen LogP contribution in [0.2, 0.25) is 5.02 Å². The van der Waals surface area contributed by atoms with Gasteiger partial charge in [-0.15, -0.1) is 0 Å². The van der Waals surface area contributed by atoms with Crippen LogP contribution in [0, 0.1) is 30.6 Å². The van der Waals surface area contributed by atoms with Crippen molar-refractivity contribution in [3.63, 3.8) is 0 Å². The first-order valence-corrected chi connectivity index (χ1v) is 26.2. The summed E-state index contributed by atoms with van der Waals surface area (Å²) in [5, 5.41) is 54.6. The number of hydrogen-bond donors (Lipinski definition) is 6. The van der Waals surface area contributed by atoms with Crippen LogP contribution in [0.25, 0.3) is 10.8 Å². The van der Waals surface area contributed by atoms with Crippen molar-refractivity contribution in [2.24, 2.45) is 33.7 Å². The summed E-state index contributed by atoms with van der Waals surface area (Å²) in [6, 6.07) is 1.86. The van der Waals surface area contributed by atoms with Crippen molar-refractivity contribution < 1.29 is 53.8 Å². The molecule has 18 nitrogen and oxygen atoms in total. The highest BCUT2D eigenvalue weighted by atomic mass is 35.5. The summed E-state index contributed by atoms with van der Waals surface area (Å²) in [4.78, 5) is 74.2. The number of carbonyl (C=O) groups excluding carboxylic acids is 4. The Morgan fingerprint density at radius 1 is 0.973 bits per heavy atom. The van der Waals surface area contributed by atoms with Crippen LogP contribution in [-0.4, -0.2) is 127 Å². The monoisotopic (exact) mass is 1040 g/mol. The molecule has 5 bridgehead atoms. The van der Waals surface area contributed by atoms with Gasteiger partial charge in [-0.3, -0.25) is 34.1 Å². The van der Waals surface area contributed by atoms with Crippen LogP contribution in [-0.2, 0) is 23.9 Å². The molecule has 6 N–H and O–H groups in total. The fraction of sp³-hybridized carbons (Fsp3) is 0.545. The van der Waals surface area contributed by atoms with E-state index in [2.05, 4.69) is 34.4 Å². The number of aliphatic hydroxyl groups excluding tert-OH is 2. The molecule has 6 aliphatic heterocycles. The fourth-order valence-corrected chi connectivity index (χ4v) is 11.0. The van der Waals surface area contributed by atoms with Crippen molar-refractivity contribution in [2.45, 2.75) is 136 Å². The lowest BCUT2D eigenvalue weighted by Gasteiger charge is -2.36. The van der Waals surface area contributed by atoms with Crippen molar-refractivity contribution in [1.82, 2.24) is 14.8 Å². The zero-order valence-electron chi connectivity index (χ0n) is 43.5. The molecule has 398 valence electrons. The minimum absolute atomic E-state index is 0.0326. The number of aromatic hydroxyl groups is 2. The third-order valence-electron chi connectivity index (χ3n) is 15.4. The number of nitrogens with one attached hydrogen (secondary N) is 2. The molecular weight excluding hydrogens is 970 g/mol. The molecular formula is C55H70ClN7O11. The molecule has 0 radical (unpaired) electrons. The summed E-state index contributed by atoms with van der Waals surface area (Å²) in [5.41, 5.74) is 0.133. The van der Waals surface area contributed by atoms with Crippen LogP contribution >= 0.6 is 11.6 Å². The van der Waals surface area contributed by atoms with Crippen LogP contribution in [0.1, 0.15) is 109 Å². The van der Waals surface area contributed by atoms with E-state index in [9.17, 15) is 39.6 Å². The first-order chi connectivity index (χ1) is 35.1. The lowest BCUT2D eigenvalue weighted by Crippen LogP contribution is -2.44. The number of allylic oxidation sites excluding steroid dienone is 3. The fourth-order valence-electron chi connectivity index (χ4n) is 10.8. The summed E-state index contributed by atoms with van der Waals surface area (Å²) in [5.74, 6) is -6.66. The average molecular weight is 1040 g/mol. The molecule has 2 amide bonds. The number of anilines is 2. The Balaban J connectivity index is 1.08. The molecule has 3 aromatic rings. The Morgan fingerprint density at radius 2 is 1.68 bits per heavy atom.